The van der Waals surface area contributed by atoms with E-state index in [1.807, 2.05) is 6.20 Å². The van der Waals surface area contributed by atoms with Crippen molar-refractivity contribution in [3.63, 3.8) is 0 Å². The molecule has 1 aromatic carbocycles. The van der Waals surface area contributed by atoms with E-state index in [-0.39, 0.29) is 0 Å². The van der Waals surface area contributed by atoms with E-state index in [0.29, 0.717) is 0 Å². The maximum atomic E-state index is 4.58. The molecule has 29 heavy (non-hydrogen) atoms. The molecule has 0 saturated carbocycles. The van der Waals surface area contributed by atoms with Crippen molar-refractivity contribution in [2.75, 3.05) is 0 Å². The zero-order valence-corrected chi connectivity index (χ0v) is 17.7. The molecule has 0 unspecified atom stereocenters. The van der Waals surface area contributed by atoms with E-state index >= 15 is 0 Å². The van der Waals surface area contributed by atoms with Gasteiger partial charge in [0.1, 0.15) is 5.65 Å². The van der Waals surface area contributed by atoms with Gasteiger partial charge in [0, 0.05) is 65.0 Å². The molecule has 0 spiro atoms. The molecule has 146 valence electrons. The molecule has 2 N–H and O–H groups in total. The Kier molecular flexibility index (Phi) is 4.49. The lowest BCUT2D eigenvalue weighted by Gasteiger charge is -2.04. The van der Waals surface area contributed by atoms with Gasteiger partial charge in [0.2, 0.25) is 0 Å². The van der Waals surface area contributed by atoms with Crippen LogP contribution in [0.25, 0.3) is 33.2 Å². The number of fused-ring (bicyclic) bond motifs is 2. The van der Waals surface area contributed by atoms with Crippen molar-refractivity contribution in [3.8, 4) is 11.3 Å². The van der Waals surface area contributed by atoms with Gasteiger partial charge < -0.3 is 14.9 Å². The summed E-state index contributed by atoms with van der Waals surface area (Å²) in [6, 6.07) is 13.2. The molecule has 0 aliphatic heterocycles. The number of aromatic amines is 1. The van der Waals surface area contributed by atoms with Crippen molar-refractivity contribution < 1.29 is 0 Å². The molecule has 0 bridgehead atoms. The smallest absolute Gasteiger partial charge is 0.138 e. The van der Waals surface area contributed by atoms with Crippen LogP contribution in [0, 0.1) is 13.8 Å². The predicted octanol–water partition coefficient (Wildman–Crippen LogP) is 5.69. The normalized spacial score (nSPS) is 11.7. The number of nitrogens with one attached hydrogen (secondary N) is 2. The van der Waals surface area contributed by atoms with Crippen molar-refractivity contribution in [2.24, 2.45) is 7.05 Å². The summed E-state index contributed by atoms with van der Waals surface area (Å²) in [6.45, 7) is 6.06. The fourth-order valence-electron chi connectivity index (χ4n) is 3.97. The SMILES string of the molecule is Cc1cc2c(-c3cc4c(CNCc5cccs5)ccnc4[nH]3)cn(C)c2cc1C. The van der Waals surface area contributed by atoms with E-state index in [4.69, 9.17) is 0 Å². The number of benzene rings is 1. The summed E-state index contributed by atoms with van der Waals surface area (Å²) < 4.78 is 2.21. The van der Waals surface area contributed by atoms with Gasteiger partial charge in [-0.25, -0.2) is 4.98 Å². The van der Waals surface area contributed by atoms with Gasteiger partial charge in [0.05, 0.1) is 0 Å². The van der Waals surface area contributed by atoms with Gasteiger partial charge in [-0.15, -0.1) is 11.3 Å². The van der Waals surface area contributed by atoms with Crippen LogP contribution in [0.5, 0.6) is 0 Å². The topological polar surface area (TPSA) is 45.6 Å². The molecule has 5 rings (SSSR count). The van der Waals surface area contributed by atoms with Crippen LogP contribution in [-0.2, 0) is 20.1 Å². The van der Waals surface area contributed by atoms with Crippen molar-refractivity contribution in [2.45, 2.75) is 26.9 Å². The van der Waals surface area contributed by atoms with Crippen molar-refractivity contribution in [1.82, 2.24) is 19.9 Å². The largest absolute Gasteiger partial charge is 0.350 e. The molecule has 5 heteroatoms. The Balaban J connectivity index is 1.52. The average Bonchev–Trinajstić information content (AvgIpc) is 3.43. The van der Waals surface area contributed by atoms with Crippen LogP contribution < -0.4 is 5.32 Å². The van der Waals surface area contributed by atoms with Crippen LogP contribution >= 0.6 is 11.3 Å². The van der Waals surface area contributed by atoms with Crippen molar-refractivity contribution in [3.05, 3.63) is 75.7 Å². The molecule has 0 aliphatic carbocycles. The lowest BCUT2D eigenvalue weighted by Crippen LogP contribution is -2.11. The van der Waals surface area contributed by atoms with E-state index in [0.717, 1.165) is 24.4 Å². The summed E-state index contributed by atoms with van der Waals surface area (Å²) in [5.41, 5.74) is 8.44. The Morgan fingerprint density at radius 3 is 2.76 bits per heavy atom. The van der Waals surface area contributed by atoms with E-state index in [1.54, 1.807) is 11.3 Å². The maximum Gasteiger partial charge on any atom is 0.138 e. The Morgan fingerprint density at radius 2 is 1.93 bits per heavy atom. The van der Waals surface area contributed by atoms with E-state index in [1.165, 1.54) is 43.4 Å². The molecule has 5 aromatic rings. The number of aryl methyl sites for hydroxylation is 3. The molecule has 4 aromatic heterocycles. The van der Waals surface area contributed by atoms with Gasteiger partial charge in [0.15, 0.2) is 0 Å². The number of hydrogen-bond acceptors (Lipinski definition) is 3. The standard InChI is InChI=1S/C24H24N4S/c1-15-9-20-21(14-28(3)23(20)10-16(15)2)22-11-19-17(6-7-26-24(19)27-22)12-25-13-18-5-4-8-29-18/h4-11,14,25H,12-13H2,1-3H3,(H,26,27). The molecule has 4 heterocycles. The second-order valence-corrected chi connectivity index (χ2v) is 8.74. The molecular formula is C24H24N4S. The third-order valence-electron chi connectivity index (χ3n) is 5.71. The summed E-state index contributed by atoms with van der Waals surface area (Å²) in [5, 5.41) is 8.14. The molecule has 0 atom stereocenters. The number of H-pyrrole nitrogens is 1. The minimum Gasteiger partial charge on any atom is -0.350 e. The summed E-state index contributed by atoms with van der Waals surface area (Å²) >= 11 is 1.79. The second kappa shape index (κ2) is 7.17. The number of thiophene rings is 1. The molecule has 0 amide bonds. The highest BCUT2D eigenvalue weighted by Gasteiger charge is 2.14. The quantitative estimate of drug-likeness (QED) is 0.398. The highest BCUT2D eigenvalue weighted by Crippen LogP contribution is 2.33. The molecule has 0 fully saturated rings. The van der Waals surface area contributed by atoms with Gasteiger partial charge in [-0.1, -0.05) is 6.07 Å². The van der Waals surface area contributed by atoms with Crippen LogP contribution in [0.1, 0.15) is 21.6 Å². The van der Waals surface area contributed by atoms with E-state index in [9.17, 15) is 0 Å². The lowest BCUT2D eigenvalue weighted by molar-refractivity contribution is 0.704. The Bertz CT molecular complexity index is 1310. The maximum absolute atomic E-state index is 4.58. The summed E-state index contributed by atoms with van der Waals surface area (Å²) in [6.07, 6.45) is 4.10. The van der Waals surface area contributed by atoms with Gasteiger partial charge in [-0.3, -0.25) is 0 Å². The zero-order valence-electron chi connectivity index (χ0n) is 16.9. The minimum absolute atomic E-state index is 0.821. The fourth-order valence-corrected chi connectivity index (χ4v) is 4.64. The van der Waals surface area contributed by atoms with Gasteiger partial charge >= 0.3 is 0 Å². The van der Waals surface area contributed by atoms with Crippen LogP contribution in [-0.4, -0.2) is 14.5 Å². The van der Waals surface area contributed by atoms with E-state index in [2.05, 4.69) is 88.7 Å². The number of nitrogens with zero attached hydrogens (tertiary/aromatic N) is 2. The van der Waals surface area contributed by atoms with Gasteiger partial charge in [0.25, 0.3) is 0 Å². The first kappa shape index (κ1) is 18.2. The number of hydrogen-bond donors (Lipinski definition) is 2. The minimum atomic E-state index is 0.821. The van der Waals surface area contributed by atoms with Crippen LogP contribution in [0.2, 0.25) is 0 Å². The summed E-state index contributed by atoms with van der Waals surface area (Å²) in [7, 11) is 2.11. The predicted molar refractivity (Wildman–Crippen MR) is 122 cm³/mol. The number of aromatic nitrogens is 3. The summed E-state index contributed by atoms with van der Waals surface area (Å²) in [5.74, 6) is 0. The fraction of sp³-hybridized carbons (Fsp3) is 0.208. The Hall–Kier alpha value is -2.89. The third-order valence-corrected chi connectivity index (χ3v) is 6.59. The molecular weight excluding hydrogens is 376 g/mol. The highest BCUT2D eigenvalue weighted by atomic mass is 32.1. The van der Waals surface area contributed by atoms with Crippen LogP contribution in [0.3, 0.4) is 0 Å². The van der Waals surface area contributed by atoms with Gasteiger partial charge in [-0.2, -0.15) is 0 Å². The Labute approximate surface area is 174 Å². The molecule has 4 nitrogen and oxygen atoms in total. The molecule has 0 saturated heterocycles. The second-order valence-electron chi connectivity index (χ2n) is 7.71. The lowest BCUT2D eigenvalue weighted by atomic mass is 10.0. The zero-order chi connectivity index (χ0) is 20.0. The first-order chi connectivity index (χ1) is 14.1. The number of rotatable bonds is 5. The summed E-state index contributed by atoms with van der Waals surface area (Å²) in [4.78, 5) is 9.48. The average molecular weight is 401 g/mol. The Morgan fingerprint density at radius 1 is 1.07 bits per heavy atom. The molecule has 0 aliphatic rings. The van der Waals surface area contributed by atoms with Crippen LogP contribution in [0.4, 0.5) is 0 Å². The van der Waals surface area contributed by atoms with Crippen molar-refractivity contribution >= 4 is 33.3 Å². The molecule has 0 radical (unpaired) electrons. The third kappa shape index (κ3) is 3.26. The van der Waals surface area contributed by atoms with Crippen molar-refractivity contribution in [1.29, 1.82) is 0 Å². The van der Waals surface area contributed by atoms with Gasteiger partial charge in [-0.05, 0) is 66.2 Å². The highest BCUT2D eigenvalue weighted by molar-refractivity contribution is 7.09. The number of pyridine rings is 1. The van der Waals surface area contributed by atoms with Crippen LogP contribution in [0.15, 0.2) is 54.2 Å². The monoisotopic (exact) mass is 400 g/mol. The van der Waals surface area contributed by atoms with E-state index < -0.39 is 0 Å². The first-order valence-corrected chi connectivity index (χ1v) is 10.7. The first-order valence-electron chi connectivity index (χ1n) is 9.86.